The summed E-state index contributed by atoms with van der Waals surface area (Å²) in [5.41, 5.74) is 7.92. The number of carbonyl (C=O) groups excluding carboxylic acids is 1. The first kappa shape index (κ1) is 10.3. The highest BCUT2D eigenvalue weighted by molar-refractivity contribution is 5.95. The molecule has 0 aliphatic heterocycles. The number of primary amides is 1. The summed E-state index contributed by atoms with van der Waals surface area (Å²) < 4.78 is 37.6. The summed E-state index contributed by atoms with van der Waals surface area (Å²) in [5.74, 6) is -3.11. The van der Waals surface area contributed by atoms with Crippen LogP contribution in [0.2, 0.25) is 0 Å². The molecule has 1 aromatic heterocycles. The van der Waals surface area contributed by atoms with Crippen LogP contribution in [0.3, 0.4) is 0 Å². The van der Waals surface area contributed by atoms with Crippen molar-refractivity contribution in [3.63, 3.8) is 0 Å². The topological polar surface area (TPSA) is 82.0 Å². The molecular formula is C7H6F3N3O. The Kier molecular flexibility index (Phi) is 2.59. The van der Waals surface area contributed by atoms with Gasteiger partial charge < -0.3 is 11.5 Å². The van der Waals surface area contributed by atoms with E-state index in [0.717, 1.165) is 0 Å². The Morgan fingerprint density at radius 2 is 2.07 bits per heavy atom. The molecule has 76 valence electrons. The number of anilines is 1. The molecule has 0 fully saturated rings. The number of hydrogen-bond acceptors (Lipinski definition) is 3. The summed E-state index contributed by atoms with van der Waals surface area (Å²) in [6.07, 6.45) is -2.53. The molecule has 0 aliphatic rings. The van der Waals surface area contributed by atoms with Crippen LogP contribution in [0.1, 0.15) is 22.3 Å². The molecule has 1 rings (SSSR count). The Morgan fingerprint density at radius 3 is 2.43 bits per heavy atom. The lowest BCUT2D eigenvalue weighted by Crippen LogP contribution is -2.18. The smallest absolute Gasteiger partial charge is 0.268 e. The molecule has 0 atom stereocenters. The number of pyridine rings is 1. The van der Waals surface area contributed by atoms with Crippen LogP contribution in [0.5, 0.6) is 0 Å². The van der Waals surface area contributed by atoms with Crippen LogP contribution >= 0.6 is 0 Å². The second-order valence-electron chi connectivity index (χ2n) is 2.44. The third-order valence-corrected chi connectivity index (χ3v) is 1.57. The van der Waals surface area contributed by atoms with Crippen molar-refractivity contribution in [3.05, 3.63) is 23.1 Å². The van der Waals surface area contributed by atoms with Crippen LogP contribution in [-0.4, -0.2) is 10.9 Å². The Bertz CT molecular complexity index is 381. The average Bonchev–Trinajstić information content (AvgIpc) is 2.07. The van der Waals surface area contributed by atoms with Crippen LogP contribution in [0.15, 0.2) is 6.20 Å². The van der Waals surface area contributed by atoms with Crippen LogP contribution in [0.4, 0.5) is 19.0 Å². The van der Waals surface area contributed by atoms with Crippen molar-refractivity contribution in [2.24, 2.45) is 5.73 Å². The fourth-order valence-electron chi connectivity index (χ4n) is 0.988. The third-order valence-electron chi connectivity index (χ3n) is 1.57. The maximum atomic E-state index is 12.9. The van der Waals surface area contributed by atoms with Gasteiger partial charge in [-0.25, -0.2) is 18.2 Å². The largest absolute Gasteiger partial charge is 0.383 e. The van der Waals surface area contributed by atoms with E-state index in [1.165, 1.54) is 0 Å². The molecule has 7 heteroatoms. The molecule has 0 saturated carbocycles. The molecule has 1 heterocycles. The number of halogens is 3. The zero-order chi connectivity index (χ0) is 10.9. The maximum Gasteiger partial charge on any atom is 0.268 e. The summed E-state index contributed by atoms with van der Waals surface area (Å²) in [7, 11) is 0. The molecule has 0 unspecified atom stereocenters. The van der Waals surface area contributed by atoms with Gasteiger partial charge in [-0.05, 0) is 0 Å². The van der Waals surface area contributed by atoms with E-state index < -0.39 is 35.1 Å². The van der Waals surface area contributed by atoms with Gasteiger partial charge in [-0.15, -0.1) is 0 Å². The number of alkyl halides is 2. The zero-order valence-corrected chi connectivity index (χ0v) is 6.80. The predicted octanol–water partition coefficient (Wildman–Crippen LogP) is 0.839. The highest BCUT2D eigenvalue weighted by atomic mass is 19.3. The molecule has 1 amide bonds. The van der Waals surface area contributed by atoms with E-state index >= 15 is 0 Å². The van der Waals surface area contributed by atoms with Gasteiger partial charge >= 0.3 is 0 Å². The predicted molar refractivity (Wildman–Crippen MR) is 42.1 cm³/mol. The molecule has 1 aromatic rings. The van der Waals surface area contributed by atoms with Gasteiger partial charge in [0.25, 0.3) is 12.3 Å². The lowest BCUT2D eigenvalue weighted by Gasteiger charge is -2.08. The number of amides is 1. The van der Waals surface area contributed by atoms with Crippen LogP contribution in [0.25, 0.3) is 0 Å². The van der Waals surface area contributed by atoms with Crippen molar-refractivity contribution in [1.29, 1.82) is 0 Å². The first-order valence-electron chi connectivity index (χ1n) is 3.47. The van der Waals surface area contributed by atoms with E-state index in [4.69, 9.17) is 11.5 Å². The number of aromatic nitrogens is 1. The van der Waals surface area contributed by atoms with E-state index in [9.17, 15) is 18.0 Å². The maximum absolute atomic E-state index is 12.9. The van der Waals surface area contributed by atoms with Crippen LogP contribution in [0, 0.1) is 5.82 Å². The highest BCUT2D eigenvalue weighted by Crippen LogP contribution is 2.28. The van der Waals surface area contributed by atoms with Crippen LogP contribution in [-0.2, 0) is 0 Å². The third kappa shape index (κ3) is 1.61. The van der Waals surface area contributed by atoms with Gasteiger partial charge in [-0.3, -0.25) is 4.79 Å². The Morgan fingerprint density at radius 1 is 1.50 bits per heavy atom. The van der Waals surface area contributed by atoms with Gasteiger partial charge in [0.15, 0.2) is 5.82 Å². The average molecular weight is 205 g/mol. The van der Waals surface area contributed by atoms with Crippen molar-refractivity contribution in [2.45, 2.75) is 6.43 Å². The summed E-state index contributed by atoms with van der Waals surface area (Å²) in [5, 5.41) is 0. The lowest BCUT2D eigenvalue weighted by molar-refractivity contribution is 0.0981. The van der Waals surface area contributed by atoms with Gasteiger partial charge in [0.1, 0.15) is 5.82 Å². The monoisotopic (exact) mass is 205 g/mol. The van der Waals surface area contributed by atoms with E-state index in [0.29, 0.717) is 6.20 Å². The van der Waals surface area contributed by atoms with Crippen molar-refractivity contribution in [2.75, 3.05) is 5.73 Å². The highest BCUT2D eigenvalue weighted by Gasteiger charge is 2.24. The standard InChI is InChI=1S/C7H6F3N3O/c8-2-1-13-6(11)4(5(9)10)3(2)7(12)14/h1,5H,(H2,11,13)(H2,12,14). The molecule has 4 N–H and O–H groups in total. The second kappa shape index (κ2) is 3.52. The molecule has 0 aliphatic carbocycles. The lowest BCUT2D eigenvalue weighted by atomic mass is 10.1. The molecule has 0 radical (unpaired) electrons. The van der Waals surface area contributed by atoms with Gasteiger partial charge in [0, 0.05) is 0 Å². The van der Waals surface area contributed by atoms with Crippen LogP contribution < -0.4 is 11.5 Å². The van der Waals surface area contributed by atoms with Crippen molar-refractivity contribution < 1.29 is 18.0 Å². The van der Waals surface area contributed by atoms with E-state index in [-0.39, 0.29) is 0 Å². The minimum atomic E-state index is -3.10. The summed E-state index contributed by atoms with van der Waals surface area (Å²) in [6, 6.07) is 0. The molecule has 0 saturated heterocycles. The Hall–Kier alpha value is -1.79. The fourth-order valence-corrected chi connectivity index (χ4v) is 0.988. The molecule has 0 bridgehead atoms. The molecule has 0 aromatic carbocycles. The van der Waals surface area contributed by atoms with Crippen molar-refractivity contribution >= 4 is 11.7 Å². The van der Waals surface area contributed by atoms with E-state index in [2.05, 4.69) is 4.98 Å². The summed E-state index contributed by atoms with van der Waals surface area (Å²) in [4.78, 5) is 13.8. The number of nitrogens with two attached hydrogens (primary N) is 2. The summed E-state index contributed by atoms with van der Waals surface area (Å²) in [6.45, 7) is 0. The minimum absolute atomic E-state index is 0.571. The van der Waals surface area contributed by atoms with Gasteiger partial charge in [0.2, 0.25) is 0 Å². The first-order valence-corrected chi connectivity index (χ1v) is 3.47. The summed E-state index contributed by atoms with van der Waals surface area (Å²) >= 11 is 0. The van der Waals surface area contributed by atoms with E-state index in [1.807, 2.05) is 0 Å². The second-order valence-corrected chi connectivity index (χ2v) is 2.44. The molecule has 4 nitrogen and oxygen atoms in total. The Balaban J connectivity index is 3.50. The fraction of sp³-hybridized carbons (Fsp3) is 0.143. The SMILES string of the molecule is NC(=O)c1c(F)cnc(N)c1C(F)F. The zero-order valence-electron chi connectivity index (χ0n) is 6.80. The Labute approximate surface area is 76.7 Å². The quantitative estimate of drug-likeness (QED) is 0.750. The van der Waals surface area contributed by atoms with Gasteiger partial charge in [0.05, 0.1) is 17.3 Å². The van der Waals surface area contributed by atoms with E-state index in [1.54, 1.807) is 0 Å². The van der Waals surface area contributed by atoms with Crippen molar-refractivity contribution in [1.82, 2.24) is 4.98 Å². The van der Waals surface area contributed by atoms with Gasteiger partial charge in [-0.2, -0.15) is 0 Å². The molecule has 14 heavy (non-hydrogen) atoms. The number of hydrogen-bond donors (Lipinski definition) is 2. The minimum Gasteiger partial charge on any atom is -0.383 e. The number of carbonyl (C=O) groups is 1. The molecule has 0 spiro atoms. The number of nitrogen functional groups attached to an aromatic ring is 1. The van der Waals surface area contributed by atoms with Gasteiger partial charge in [-0.1, -0.05) is 0 Å². The first-order chi connectivity index (χ1) is 6.45. The normalized spacial score (nSPS) is 10.6. The number of rotatable bonds is 2. The number of nitrogens with zero attached hydrogens (tertiary/aromatic N) is 1. The van der Waals surface area contributed by atoms with Crippen molar-refractivity contribution in [3.8, 4) is 0 Å². The molecular weight excluding hydrogens is 199 g/mol.